The molecule has 96 valence electrons. The zero-order valence-corrected chi connectivity index (χ0v) is 11.3. The molecular weight excluding hydrogens is 281 g/mol. The van der Waals surface area contributed by atoms with Gasteiger partial charge in [0.1, 0.15) is 0 Å². The van der Waals surface area contributed by atoms with Crippen molar-refractivity contribution < 1.29 is 13.2 Å². The van der Waals surface area contributed by atoms with Crippen LogP contribution in [0.2, 0.25) is 0 Å². The van der Waals surface area contributed by atoms with E-state index in [1.165, 1.54) is 0 Å². The van der Waals surface area contributed by atoms with E-state index in [0.717, 1.165) is 27.5 Å². The van der Waals surface area contributed by atoms with Crippen molar-refractivity contribution >= 4 is 22.9 Å². The minimum atomic E-state index is -1.47. The molecule has 0 N–H and O–H groups in total. The number of alkyl halides is 1. The summed E-state index contributed by atoms with van der Waals surface area (Å²) >= 11 is 7.76. The molecule has 1 heterocycles. The quantitative estimate of drug-likeness (QED) is 0.532. The van der Waals surface area contributed by atoms with E-state index in [2.05, 4.69) is 0 Å². The van der Waals surface area contributed by atoms with E-state index in [1.807, 2.05) is 19.9 Å². The van der Waals surface area contributed by atoms with Gasteiger partial charge in [0.05, 0.1) is 5.38 Å². The molecule has 0 aliphatic heterocycles. The molecule has 18 heavy (non-hydrogen) atoms. The monoisotopic (exact) mass is 290 g/mol. The standard InChI is InChI=1S/C13H10ClF3S/c1-6-3-9(7(2)18-6)12(14)8-4-10(15)13(17)11(16)5-8/h3-5,12H,1-2H3. The van der Waals surface area contributed by atoms with Crippen molar-refractivity contribution in [1.29, 1.82) is 0 Å². The van der Waals surface area contributed by atoms with Gasteiger partial charge in [0, 0.05) is 9.75 Å². The summed E-state index contributed by atoms with van der Waals surface area (Å²) in [6.07, 6.45) is 0. The summed E-state index contributed by atoms with van der Waals surface area (Å²) < 4.78 is 39.2. The van der Waals surface area contributed by atoms with E-state index in [9.17, 15) is 13.2 Å². The average Bonchev–Trinajstić information content (AvgIpc) is 2.63. The van der Waals surface area contributed by atoms with Crippen LogP contribution in [0.3, 0.4) is 0 Å². The summed E-state index contributed by atoms with van der Waals surface area (Å²) in [5, 5.41) is -0.681. The molecule has 0 saturated carbocycles. The Morgan fingerprint density at radius 2 is 1.61 bits per heavy atom. The lowest BCUT2D eigenvalue weighted by atomic mass is 10.0. The van der Waals surface area contributed by atoms with E-state index in [0.29, 0.717) is 0 Å². The summed E-state index contributed by atoms with van der Waals surface area (Å²) in [7, 11) is 0. The van der Waals surface area contributed by atoms with Crippen LogP contribution in [0.5, 0.6) is 0 Å². The zero-order chi connectivity index (χ0) is 13.4. The first-order valence-electron chi connectivity index (χ1n) is 5.25. The van der Waals surface area contributed by atoms with Gasteiger partial charge in [0.15, 0.2) is 17.5 Å². The normalized spacial score (nSPS) is 12.8. The van der Waals surface area contributed by atoms with Crippen molar-refractivity contribution in [3.8, 4) is 0 Å². The van der Waals surface area contributed by atoms with Crippen LogP contribution in [0.15, 0.2) is 18.2 Å². The fraction of sp³-hybridized carbons (Fsp3) is 0.231. The van der Waals surface area contributed by atoms with Crippen LogP contribution in [-0.4, -0.2) is 0 Å². The van der Waals surface area contributed by atoms with Gasteiger partial charge in [-0.2, -0.15) is 0 Å². The average molecular weight is 291 g/mol. The highest BCUT2D eigenvalue weighted by Crippen LogP contribution is 2.36. The molecule has 0 spiro atoms. The van der Waals surface area contributed by atoms with Gasteiger partial charge in [-0.3, -0.25) is 0 Å². The van der Waals surface area contributed by atoms with E-state index in [4.69, 9.17) is 11.6 Å². The van der Waals surface area contributed by atoms with Gasteiger partial charge in [-0.15, -0.1) is 22.9 Å². The lowest BCUT2D eigenvalue weighted by molar-refractivity contribution is 0.445. The van der Waals surface area contributed by atoms with Crippen LogP contribution in [0, 0.1) is 31.3 Å². The van der Waals surface area contributed by atoms with Gasteiger partial charge >= 0.3 is 0 Å². The fourth-order valence-corrected chi connectivity index (χ4v) is 3.18. The Labute approximate surface area is 112 Å². The Bertz CT molecular complexity index is 569. The number of benzene rings is 1. The number of hydrogen-bond acceptors (Lipinski definition) is 1. The summed E-state index contributed by atoms with van der Waals surface area (Å²) in [5.41, 5.74) is 1.01. The van der Waals surface area contributed by atoms with Crippen LogP contribution in [0.4, 0.5) is 13.2 Å². The van der Waals surface area contributed by atoms with Gasteiger partial charge in [0.25, 0.3) is 0 Å². The van der Waals surface area contributed by atoms with Gasteiger partial charge in [0.2, 0.25) is 0 Å². The molecule has 2 rings (SSSR count). The van der Waals surface area contributed by atoms with E-state index >= 15 is 0 Å². The van der Waals surface area contributed by atoms with Crippen molar-refractivity contribution in [1.82, 2.24) is 0 Å². The Hall–Kier alpha value is -1.000. The minimum Gasteiger partial charge on any atom is -0.204 e. The molecule has 0 bridgehead atoms. The Morgan fingerprint density at radius 3 is 2.06 bits per heavy atom. The number of aryl methyl sites for hydroxylation is 2. The minimum absolute atomic E-state index is 0.217. The molecule has 1 aromatic carbocycles. The third kappa shape index (κ3) is 2.40. The molecule has 1 unspecified atom stereocenters. The SMILES string of the molecule is Cc1cc(C(Cl)c2cc(F)c(F)c(F)c2)c(C)s1. The predicted molar refractivity (Wildman–Crippen MR) is 67.8 cm³/mol. The molecule has 1 aromatic heterocycles. The highest BCUT2D eigenvalue weighted by atomic mass is 35.5. The lowest BCUT2D eigenvalue weighted by Gasteiger charge is -2.10. The Kier molecular flexibility index (Phi) is 3.69. The van der Waals surface area contributed by atoms with Crippen molar-refractivity contribution in [2.24, 2.45) is 0 Å². The maximum absolute atomic E-state index is 13.2. The number of thiophene rings is 1. The van der Waals surface area contributed by atoms with Crippen LogP contribution < -0.4 is 0 Å². The predicted octanol–water partition coefficient (Wildman–Crippen LogP) is 5.11. The van der Waals surface area contributed by atoms with Crippen LogP contribution in [-0.2, 0) is 0 Å². The first kappa shape index (κ1) is 13.4. The summed E-state index contributed by atoms with van der Waals surface area (Å²) in [5.74, 6) is -3.92. The molecule has 0 aliphatic carbocycles. The van der Waals surface area contributed by atoms with Crippen molar-refractivity contribution in [3.05, 3.63) is 56.5 Å². The molecule has 5 heteroatoms. The molecule has 1 atom stereocenters. The summed E-state index contributed by atoms with van der Waals surface area (Å²) in [4.78, 5) is 2.05. The third-order valence-electron chi connectivity index (χ3n) is 2.65. The molecule has 0 fully saturated rings. The third-order valence-corrected chi connectivity index (χ3v) is 4.12. The van der Waals surface area contributed by atoms with Crippen LogP contribution in [0.1, 0.15) is 26.3 Å². The molecule has 2 aromatic rings. The maximum Gasteiger partial charge on any atom is 0.194 e. The fourth-order valence-electron chi connectivity index (χ4n) is 1.80. The van der Waals surface area contributed by atoms with Gasteiger partial charge in [-0.05, 0) is 43.2 Å². The number of rotatable bonds is 2. The van der Waals surface area contributed by atoms with Gasteiger partial charge in [-0.1, -0.05) is 0 Å². The second-order valence-electron chi connectivity index (χ2n) is 4.03. The maximum atomic E-state index is 13.2. The molecule has 0 radical (unpaired) electrons. The van der Waals surface area contributed by atoms with E-state index < -0.39 is 22.8 Å². The second kappa shape index (κ2) is 4.94. The van der Waals surface area contributed by atoms with Crippen LogP contribution >= 0.6 is 22.9 Å². The highest BCUT2D eigenvalue weighted by molar-refractivity contribution is 7.12. The Morgan fingerprint density at radius 1 is 1.06 bits per heavy atom. The molecular formula is C13H10ClF3S. The largest absolute Gasteiger partial charge is 0.204 e. The zero-order valence-electron chi connectivity index (χ0n) is 9.73. The topological polar surface area (TPSA) is 0 Å². The molecule has 0 saturated heterocycles. The first-order chi connectivity index (χ1) is 8.40. The van der Waals surface area contributed by atoms with Crippen molar-refractivity contribution in [2.75, 3.05) is 0 Å². The van der Waals surface area contributed by atoms with E-state index in [-0.39, 0.29) is 5.56 Å². The summed E-state index contributed by atoms with van der Waals surface area (Å²) in [6, 6.07) is 3.74. The number of halogens is 4. The number of hydrogen-bond donors (Lipinski definition) is 0. The molecule has 0 nitrogen and oxygen atoms in total. The van der Waals surface area contributed by atoms with Gasteiger partial charge < -0.3 is 0 Å². The Balaban J connectivity index is 2.46. The van der Waals surface area contributed by atoms with Gasteiger partial charge in [-0.25, -0.2) is 13.2 Å². The van der Waals surface area contributed by atoms with Crippen molar-refractivity contribution in [3.63, 3.8) is 0 Å². The van der Waals surface area contributed by atoms with Crippen LogP contribution in [0.25, 0.3) is 0 Å². The van der Waals surface area contributed by atoms with Crippen molar-refractivity contribution in [2.45, 2.75) is 19.2 Å². The first-order valence-corrected chi connectivity index (χ1v) is 6.51. The smallest absolute Gasteiger partial charge is 0.194 e. The highest BCUT2D eigenvalue weighted by Gasteiger charge is 2.19. The summed E-state index contributed by atoms with van der Waals surface area (Å²) in [6.45, 7) is 3.81. The van der Waals surface area contributed by atoms with E-state index in [1.54, 1.807) is 11.3 Å². The molecule has 0 aliphatic rings. The second-order valence-corrected chi connectivity index (χ2v) is 5.93. The molecule has 0 amide bonds. The lowest BCUT2D eigenvalue weighted by Crippen LogP contribution is -1.99.